The van der Waals surface area contributed by atoms with Gasteiger partial charge in [-0.25, -0.2) is 0 Å². The summed E-state index contributed by atoms with van der Waals surface area (Å²) in [6.07, 6.45) is 0. The van der Waals surface area contributed by atoms with Gasteiger partial charge in [0.05, 0.1) is 4.92 Å². The van der Waals surface area contributed by atoms with Crippen LogP contribution in [0.3, 0.4) is 0 Å². The van der Waals surface area contributed by atoms with Gasteiger partial charge in [-0.15, -0.1) is 0 Å². The summed E-state index contributed by atoms with van der Waals surface area (Å²) in [6, 6.07) is 10.6. The van der Waals surface area contributed by atoms with Crippen LogP contribution < -0.4 is 0 Å². The summed E-state index contributed by atoms with van der Waals surface area (Å²) in [4.78, 5) is 22.3. The molecule has 2 aromatic rings. The molecule has 0 unspecified atom stereocenters. The number of rotatable bonds is 3. The Morgan fingerprint density at radius 2 is 1.79 bits per heavy atom. The maximum atomic E-state index is 12.3. The standard InChI is InChI=1S/C14H10ClNO3/c1-9-2-5-11(15)8-13(9)14(17)10-3-6-12(7-4-10)16(18)19/h2-8H,1H3. The number of hydrogen-bond donors (Lipinski definition) is 0. The molecule has 0 spiro atoms. The van der Waals surface area contributed by atoms with E-state index in [0.717, 1.165) is 5.56 Å². The van der Waals surface area contributed by atoms with Gasteiger partial charge < -0.3 is 0 Å². The predicted octanol–water partition coefficient (Wildman–Crippen LogP) is 3.79. The summed E-state index contributed by atoms with van der Waals surface area (Å²) in [7, 11) is 0. The van der Waals surface area contributed by atoms with Crippen molar-refractivity contribution >= 4 is 23.1 Å². The molecule has 0 saturated carbocycles. The van der Waals surface area contributed by atoms with Crippen molar-refractivity contribution in [2.24, 2.45) is 0 Å². The van der Waals surface area contributed by atoms with E-state index in [-0.39, 0.29) is 11.5 Å². The van der Waals surface area contributed by atoms with Gasteiger partial charge in [-0.05, 0) is 36.8 Å². The Hall–Kier alpha value is -2.20. The van der Waals surface area contributed by atoms with Crippen LogP contribution in [-0.2, 0) is 0 Å². The van der Waals surface area contributed by atoms with Crippen LogP contribution in [0.1, 0.15) is 21.5 Å². The number of carbonyl (C=O) groups excluding carboxylic acids is 1. The van der Waals surface area contributed by atoms with Crippen molar-refractivity contribution in [3.63, 3.8) is 0 Å². The van der Waals surface area contributed by atoms with Crippen molar-refractivity contribution < 1.29 is 9.72 Å². The summed E-state index contributed by atoms with van der Waals surface area (Å²) in [5.74, 6) is -0.199. The molecule has 19 heavy (non-hydrogen) atoms. The molecular weight excluding hydrogens is 266 g/mol. The Labute approximate surface area is 114 Å². The summed E-state index contributed by atoms with van der Waals surface area (Å²) in [5, 5.41) is 11.0. The van der Waals surface area contributed by atoms with Gasteiger partial charge in [0, 0.05) is 28.3 Å². The number of nitro groups is 1. The normalized spacial score (nSPS) is 10.2. The van der Waals surface area contributed by atoms with Crippen molar-refractivity contribution in [3.8, 4) is 0 Å². The van der Waals surface area contributed by atoms with E-state index in [9.17, 15) is 14.9 Å². The van der Waals surface area contributed by atoms with Crippen molar-refractivity contribution in [2.45, 2.75) is 6.92 Å². The van der Waals surface area contributed by atoms with E-state index in [4.69, 9.17) is 11.6 Å². The minimum Gasteiger partial charge on any atom is -0.289 e. The monoisotopic (exact) mass is 275 g/mol. The molecule has 0 radical (unpaired) electrons. The number of non-ortho nitro benzene ring substituents is 1. The number of ketones is 1. The molecule has 0 N–H and O–H groups in total. The third-order valence-electron chi connectivity index (χ3n) is 2.78. The smallest absolute Gasteiger partial charge is 0.269 e. The van der Waals surface area contributed by atoms with Crippen molar-refractivity contribution in [2.75, 3.05) is 0 Å². The fourth-order valence-corrected chi connectivity index (χ4v) is 1.90. The van der Waals surface area contributed by atoms with Gasteiger partial charge in [-0.1, -0.05) is 17.7 Å². The summed E-state index contributed by atoms with van der Waals surface area (Å²) >= 11 is 5.87. The third-order valence-corrected chi connectivity index (χ3v) is 3.02. The fraction of sp³-hybridized carbons (Fsp3) is 0.0714. The van der Waals surface area contributed by atoms with Crippen LogP contribution in [0.5, 0.6) is 0 Å². The van der Waals surface area contributed by atoms with E-state index in [1.165, 1.54) is 24.3 Å². The van der Waals surface area contributed by atoms with E-state index in [2.05, 4.69) is 0 Å². The number of halogens is 1. The minimum absolute atomic E-state index is 0.0423. The quantitative estimate of drug-likeness (QED) is 0.486. The first kappa shape index (κ1) is 13.2. The maximum absolute atomic E-state index is 12.3. The van der Waals surface area contributed by atoms with Crippen LogP contribution in [0.25, 0.3) is 0 Å². The SMILES string of the molecule is Cc1ccc(Cl)cc1C(=O)c1ccc([N+](=O)[O-])cc1. The average Bonchev–Trinajstić information content (AvgIpc) is 2.41. The lowest BCUT2D eigenvalue weighted by atomic mass is 9.99. The molecule has 0 heterocycles. The molecule has 96 valence electrons. The highest BCUT2D eigenvalue weighted by molar-refractivity contribution is 6.31. The van der Waals surface area contributed by atoms with E-state index < -0.39 is 4.92 Å². The first-order chi connectivity index (χ1) is 8.99. The fourth-order valence-electron chi connectivity index (χ4n) is 1.73. The number of hydrogen-bond acceptors (Lipinski definition) is 3. The van der Waals surface area contributed by atoms with Crippen LogP contribution in [0.4, 0.5) is 5.69 Å². The molecule has 0 amide bonds. The Kier molecular flexibility index (Phi) is 3.62. The molecule has 0 bridgehead atoms. The Morgan fingerprint density at radius 3 is 2.37 bits per heavy atom. The van der Waals surface area contributed by atoms with Gasteiger partial charge in [0.25, 0.3) is 5.69 Å². The molecule has 2 aromatic carbocycles. The molecule has 0 aliphatic heterocycles. The number of carbonyl (C=O) groups is 1. The molecule has 0 saturated heterocycles. The van der Waals surface area contributed by atoms with Gasteiger partial charge in [0.15, 0.2) is 5.78 Å². The van der Waals surface area contributed by atoms with Gasteiger partial charge in [0.2, 0.25) is 0 Å². The predicted molar refractivity (Wildman–Crippen MR) is 72.7 cm³/mol. The number of benzene rings is 2. The van der Waals surface area contributed by atoms with Gasteiger partial charge >= 0.3 is 0 Å². The Balaban J connectivity index is 2.38. The molecule has 0 aliphatic carbocycles. The average molecular weight is 276 g/mol. The Morgan fingerprint density at radius 1 is 1.16 bits per heavy atom. The zero-order valence-corrected chi connectivity index (χ0v) is 10.8. The molecule has 2 rings (SSSR count). The molecule has 0 atom stereocenters. The van der Waals surface area contributed by atoms with Crippen LogP contribution in [0.2, 0.25) is 5.02 Å². The highest BCUT2D eigenvalue weighted by atomic mass is 35.5. The minimum atomic E-state index is -0.501. The summed E-state index contributed by atoms with van der Waals surface area (Å²) in [5.41, 5.74) is 1.67. The number of nitro benzene ring substituents is 1. The van der Waals surface area contributed by atoms with Crippen LogP contribution in [-0.4, -0.2) is 10.7 Å². The second-order valence-electron chi connectivity index (χ2n) is 4.09. The molecule has 0 aromatic heterocycles. The number of nitrogens with zero attached hydrogens (tertiary/aromatic N) is 1. The summed E-state index contributed by atoms with van der Waals surface area (Å²) < 4.78 is 0. The summed E-state index contributed by atoms with van der Waals surface area (Å²) in [6.45, 7) is 1.81. The molecule has 5 heteroatoms. The third kappa shape index (κ3) is 2.80. The maximum Gasteiger partial charge on any atom is 0.269 e. The highest BCUT2D eigenvalue weighted by Gasteiger charge is 2.13. The van der Waals surface area contributed by atoms with Gasteiger partial charge in [-0.2, -0.15) is 0 Å². The zero-order valence-electron chi connectivity index (χ0n) is 10.1. The van der Waals surface area contributed by atoms with Crippen molar-refractivity contribution in [1.29, 1.82) is 0 Å². The topological polar surface area (TPSA) is 60.2 Å². The van der Waals surface area contributed by atoms with E-state index in [0.29, 0.717) is 16.1 Å². The van der Waals surface area contributed by atoms with Crippen molar-refractivity contribution in [3.05, 3.63) is 74.3 Å². The second kappa shape index (κ2) is 5.20. The number of aryl methyl sites for hydroxylation is 1. The lowest BCUT2D eigenvalue weighted by Crippen LogP contribution is -2.03. The van der Waals surface area contributed by atoms with E-state index in [1.54, 1.807) is 18.2 Å². The lowest BCUT2D eigenvalue weighted by molar-refractivity contribution is -0.384. The Bertz CT molecular complexity index is 650. The largest absolute Gasteiger partial charge is 0.289 e. The second-order valence-corrected chi connectivity index (χ2v) is 4.53. The molecule has 0 aliphatic rings. The van der Waals surface area contributed by atoms with Gasteiger partial charge in [-0.3, -0.25) is 14.9 Å². The molecule has 4 nitrogen and oxygen atoms in total. The van der Waals surface area contributed by atoms with Crippen molar-refractivity contribution in [1.82, 2.24) is 0 Å². The van der Waals surface area contributed by atoms with Crippen LogP contribution in [0, 0.1) is 17.0 Å². The molecule has 0 fully saturated rings. The van der Waals surface area contributed by atoms with Gasteiger partial charge in [0.1, 0.15) is 0 Å². The molecular formula is C14H10ClNO3. The first-order valence-electron chi connectivity index (χ1n) is 5.54. The van der Waals surface area contributed by atoms with Crippen LogP contribution in [0.15, 0.2) is 42.5 Å². The lowest BCUT2D eigenvalue weighted by Gasteiger charge is -2.05. The first-order valence-corrected chi connectivity index (χ1v) is 5.92. The van der Waals surface area contributed by atoms with E-state index in [1.807, 2.05) is 6.92 Å². The zero-order chi connectivity index (χ0) is 14.0. The van der Waals surface area contributed by atoms with E-state index >= 15 is 0 Å². The van der Waals surface area contributed by atoms with Crippen LogP contribution >= 0.6 is 11.6 Å². The highest BCUT2D eigenvalue weighted by Crippen LogP contribution is 2.20.